The third kappa shape index (κ3) is 5.56. The summed E-state index contributed by atoms with van der Waals surface area (Å²) in [5.41, 5.74) is 1.01. The molecule has 0 N–H and O–H groups in total. The van der Waals surface area contributed by atoms with E-state index >= 15 is 0 Å². The lowest BCUT2D eigenvalue weighted by Gasteiger charge is -2.03. The quantitative estimate of drug-likeness (QED) is 0.644. The molecule has 0 saturated heterocycles. The Bertz CT molecular complexity index is 518. The van der Waals surface area contributed by atoms with E-state index in [-0.39, 0.29) is 5.75 Å². The molecule has 0 radical (unpaired) electrons. The van der Waals surface area contributed by atoms with E-state index in [2.05, 4.69) is 0 Å². The number of benzene rings is 1. The molecule has 19 heavy (non-hydrogen) atoms. The van der Waals surface area contributed by atoms with Gasteiger partial charge in [-0.2, -0.15) is 0 Å². The average molecular weight is 281 g/mol. The first kappa shape index (κ1) is 15.2. The van der Waals surface area contributed by atoms with Gasteiger partial charge in [-0.05, 0) is 19.1 Å². The first-order valence-corrected chi connectivity index (χ1v) is 6.88. The van der Waals surface area contributed by atoms with Crippen molar-refractivity contribution in [3.05, 3.63) is 29.8 Å². The summed E-state index contributed by atoms with van der Waals surface area (Å²) in [4.78, 5) is 33.2. The molecule has 0 saturated carbocycles. The Morgan fingerprint density at radius 1 is 1.05 bits per heavy atom. The minimum atomic E-state index is -1.52. The van der Waals surface area contributed by atoms with Gasteiger partial charge in [0.2, 0.25) is 0 Å². The van der Waals surface area contributed by atoms with Crippen LogP contribution >= 0.6 is 0 Å². The van der Waals surface area contributed by atoms with Crippen molar-refractivity contribution < 1.29 is 23.7 Å². The zero-order valence-electron chi connectivity index (χ0n) is 10.4. The highest BCUT2D eigenvalue weighted by Crippen LogP contribution is 2.09. The fraction of sp³-hybridized carbons (Fsp3) is 0.308. The lowest BCUT2D eigenvalue weighted by atomic mass is 10.2. The van der Waals surface area contributed by atoms with Crippen molar-refractivity contribution in [2.75, 3.05) is 5.75 Å². The number of Topliss-reactive ketones (excluding diaryl/α,β-unsaturated/α-hetero) is 2. The van der Waals surface area contributed by atoms with Gasteiger partial charge in [0.15, 0.2) is 5.78 Å². The maximum absolute atomic E-state index is 11.8. The highest BCUT2D eigenvalue weighted by molar-refractivity contribution is 7.85. The lowest BCUT2D eigenvalue weighted by Crippen LogP contribution is -2.26. The van der Waals surface area contributed by atoms with Crippen LogP contribution in [0.2, 0.25) is 0 Å². The minimum Gasteiger partial charge on any atom is -0.550 e. The Morgan fingerprint density at radius 3 is 2.16 bits per heavy atom. The summed E-state index contributed by atoms with van der Waals surface area (Å²) < 4.78 is 11.8. The van der Waals surface area contributed by atoms with Crippen molar-refractivity contribution in [3.8, 4) is 0 Å². The highest BCUT2D eigenvalue weighted by atomic mass is 32.2. The Morgan fingerprint density at radius 2 is 1.63 bits per heavy atom. The van der Waals surface area contributed by atoms with Crippen LogP contribution in [-0.2, 0) is 25.2 Å². The standard InChI is InChI=1S/C13H14O5S/c1-9-2-4-12(5-3-9)19(18)8-11(15)6-10(14)7-13(16)17/h2-5H,6-8H2,1H3,(H,16,17)/p-1. The van der Waals surface area contributed by atoms with Crippen LogP contribution in [-0.4, -0.2) is 27.5 Å². The molecule has 1 aromatic rings. The second-order valence-electron chi connectivity index (χ2n) is 4.11. The molecule has 0 aliphatic carbocycles. The SMILES string of the molecule is Cc1ccc(S(=O)CC(=O)CC(=O)CC(=O)[O-])cc1. The number of carbonyl (C=O) groups excluding carboxylic acids is 3. The average Bonchev–Trinajstić information content (AvgIpc) is 2.27. The molecule has 0 spiro atoms. The molecule has 0 aliphatic heterocycles. The summed E-state index contributed by atoms with van der Waals surface area (Å²) in [6.07, 6.45) is -1.31. The number of rotatable bonds is 7. The minimum absolute atomic E-state index is 0.290. The summed E-state index contributed by atoms with van der Waals surface area (Å²) in [5.74, 6) is -3.07. The smallest absolute Gasteiger partial charge is 0.153 e. The molecule has 0 aliphatic rings. The molecular formula is C13H13O5S-. The molecule has 0 bridgehead atoms. The van der Waals surface area contributed by atoms with Crippen LogP contribution in [0.15, 0.2) is 29.2 Å². The number of aryl methyl sites for hydroxylation is 1. The molecule has 1 aromatic carbocycles. The van der Waals surface area contributed by atoms with Crippen molar-refractivity contribution in [2.24, 2.45) is 0 Å². The maximum atomic E-state index is 11.8. The third-order valence-electron chi connectivity index (χ3n) is 2.31. The van der Waals surface area contributed by atoms with E-state index in [9.17, 15) is 23.7 Å². The normalized spacial score (nSPS) is 11.8. The largest absolute Gasteiger partial charge is 0.550 e. The van der Waals surface area contributed by atoms with Gasteiger partial charge < -0.3 is 9.90 Å². The molecule has 1 rings (SSSR count). The maximum Gasteiger partial charge on any atom is 0.153 e. The Balaban J connectivity index is 2.53. The molecule has 1 atom stereocenters. The van der Waals surface area contributed by atoms with Gasteiger partial charge in [0.25, 0.3) is 0 Å². The Labute approximate surface area is 113 Å². The molecule has 0 fully saturated rings. The number of aliphatic carboxylic acids is 1. The van der Waals surface area contributed by atoms with E-state index in [4.69, 9.17) is 0 Å². The molecule has 1 unspecified atom stereocenters. The molecule has 6 heteroatoms. The molecule has 0 aromatic heterocycles. The molecule has 102 valence electrons. The van der Waals surface area contributed by atoms with E-state index in [0.29, 0.717) is 4.90 Å². The van der Waals surface area contributed by atoms with E-state index < -0.39 is 41.2 Å². The summed E-state index contributed by atoms with van der Waals surface area (Å²) >= 11 is 0. The highest BCUT2D eigenvalue weighted by Gasteiger charge is 2.14. The van der Waals surface area contributed by atoms with Crippen LogP contribution in [0.3, 0.4) is 0 Å². The molecular weight excluding hydrogens is 268 g/mol. The third-order valence-corrected chi connectivity index (χ3v) is 3.69. The van der Waals surface area contributed by atoms with Gasteiger partial charge >= 0.3 is 0 Å². The number of hydrogen-bond donors (Lipinski definition) is 0. The van der Waals surface area contributed by atoms with Crippen molar-refractivity contribution in [1.29, 1.82) is 0 Å². The Kier molecular flexibility index (Phi) is 5.57. The van der Waals surface area contributed by atoms with Gasteiger partial charge in [-0.25, -0.2) is 0 Å². The summed E-state index contributed by atoms with van der Waals surface area (Å²) in [7, 11) is -1.52. The van der Waals surface area contributed by atoms with Gasteiger partial charge in [0.05, 0.1) is 23.0 Å². The number of carboxylic acid groups (broad SMARTS) is 1. The van der Waals surface area contributed by atoms with Crippen LogP contribution < -0.4 is 5.11 Å². The van der Waals surface area contributed by atoms with Crippen LogP contribution in [0.25, 0.3) is 0 Å². The summed E-state index contributed by atoms with van der Waals surface area (Å²) in [6, 6.07) is 6.86. The van der Waals surface area contributed by atoms with Crippen LogP contribution in [0.4, 0.5) is 0 Å². The topological polar surface area (TPSA) is 91.3 Å². The van der Waals surface area contributed by atoms with E-state index in [0.717, 1.165) is 5.56 Å². The van der Waals surface area contributed by atoms with Gasteiger partial charge in [-0.3, -0.25) is 13.8 Å². The van der Waals surface area contributed by atoms with Gasteiger partial charge in [0.1, 0.15) is 5.78 Å². The van der Waals surface area contributed by atoms with Crippen molar-refractivity contribution in [3.63, 3.8) is 0 Å². The second kappa shape index (κ2) is 6.94. The zero-order chi connectivity index (χ0) is 14.4. The van der Waals surface area contributed by atoms with Gasteiger partial charge in [-0.1, -0.05) is 17.7 Å². The molecule has 0 heterocycles. The fourth-order valence-corrected chi connectivity index (χ4v) is 2.41. The van der Waals surface area contributed by atoms with E-state index in [1.165, 1.54) is 0 Å². The zero-order valence-corrected chi connectivity index (χ0v) is 11.2. The van der Waals surface area contributed by atoms with Crippen molar-refractivity contribution in [2.45, 2.75) is 24.7 Å². The fourth-order valence-electron chi connectivity index (χ4n) is 1.41. The number of carbonyl (C=O) groups is 3. The van der Waals surface area contributed by atoms with E-state index in [1.807, 2.05) is 6.92 Å². The number of hydrogen-bond acceptors (Lipinski definition) is 5. The predicted molar refractivity (Wildman–Crippen MR) is 66.7 cm³/mol. The summed E-state index contributed by atoms with van der Waals surface area (Å²) in [6.45, 7) is 1.89. The van der Waals surface area contributed by atoms with Gasteiger partial charge in [0, 0.05) is 17.3 Å². The second-order valence-corrected chi connectivity index (χ2v) is 5.56. The predicted octanol–water partition coefficient (Wildman–Crippen LogP) is -0.229. The number of carboxylic acids is 1. The first-order chi connectivity index (χ1) is 8.88. The monoisotopic (exact) mass is 281 g/mol. The van der Waals surface area contributed by atoms with Crippen molar-refractivity contribution in [1.82, 2.24) is 0 Å². The van der Waals surface area contributed by atoms with Crippen LogP contribution in [0, 0.1) is 6.92 Å². The Hall–Kier alpha value is -1.82. The van der Waals surface area contributed by atoms with E-state index in [1.54, 1.807) is 24.3 Å². The van der Waals surface area contributed by atoms with Gasteiger partial charge in [-0.15, -0.1) is 0 Å². The van der Waals surface area contributed by atoms with Crippen molar-refractivity contribution >= 4 is 28.3 Å². The van der Waals surface area contributed by atoms with Crippen LogP contribution in [0.5, 0.6) is 0 Å². The summed E-state index contributed by atoms with van der Waals surface area (Å²) in [5, 5.41) is 10.2. The molecule has 5 nitrogen and oxygen atoms in total. The first-order valence-electron chi connectivity index (χ1n) is 5.57. The molecule has 0 amide bonds. The van der Waals surface area contributed by atoms with Crippen LogP contribution in [0.1, 0.15) is 18.4 Å². The lowest BCUT2D eigenvalue weighted by molar-refractivity contribution is -0.304. The number of ketones is 2.